The molecule has 6 heteroatoms. The molecule has 1 rings (SSSR count). The SMILES string of the molecule is COc1cccc(F)c1C(=O)NC/C=C/C(=O)O. The van der Waals surface area contributed by atoms with Gasteiger partial charge in [-0.25, -0.2) is 9.18 Å². The first-order chi connectivity index (χ1) is 8.56. The molecule has 0 radical (unpaired) electrons. The highest BCUT2D eigenvalue weighted by Crippen LogP contribution is 2.20. The summed E-state index contributed by atoms with van der Waals surface area (Å²) in [6.07, 6.45) is 2.13. The number of carbonyl (C=O) groups is 2. The molecular weight excluding hydrogens is 241 g/mol. The van der Waals surface area contributed by atoms with Crippen molar-refractivity contribution in [2.24, 2.45) is 0 Å². The van der Waals surface area contributed by atoms with Crippen molar-refractivity contribution in [3.63, 3.8) is 0 Å². The fourth-order valence-electron chi connectivity index (χ4n) is 1.29. The third-order valence-corrected chi connectivity index (χ3v) is 2.06. The number of carbonyl (C=O) groups excluding carboxylic acids is 1. The Bertz CT molecular complexity index is 485. The minimum Gasteiger partial charge on any atom is -0.496 e. The number of aliphatic carboxylic acids is 1. The quantitative estimate of drug-likeness (QED) is 0.773. The minimum atomic E-state index is -1.12. The summed E-state index contributed by atoms with van der Waals surface area (Å²) >= 11 is 0. The van der Waals surface area contributed by atoms with E-state index in [9.17, 15) is 14.0 Å². The molecule has 0 aromatic heterocycles. The van der Waals surface area contributed by atoms with Crippen molar-refractivity contribution >= 4 is 11.9 Å². The Morgan fingerprint density at radius 2 is 2.22 bits per heavy atom. The highest BCUT2D eigenvalue weighted by molar-refractivity contribution is 5.97. The van der Waals surface area contributed by atoms with Gasteiger partial charge in [-0.15, -0.1) is 0 Å². The Balaban J connectivity index is 2.75. The zero-order valence-electron chi connectivity index (χ0n) is 9.64. The molecule has 18 heavy (non-hydrogen) atoms. The Morgan fingerprint density at radius 1 is 1.50 bits per heavy atom. The first-order valence-corrected chi connectivity index (χ1v) is 5.06. The number of rotatable bonds is 5. The Labute approximate surface area is 103 Å². The van der Waals surface area contributed by atoms with E-state index in [1.54, 1.807) is 0 Å². The number of carboxylic acids is 1. The van der Waals surface area contributed by atoms with E-state index >= 15 is 0 Å². The molecule has 0 fully saturated rings. The molecule has 0 aliphatic rings. The summed E-state index contributed by atoms with van der Waals surface area (Å²) in [6, 6.07) is 4.03. The summed E-state index contributed by atoms with van der Waals surface area (Å²) in [7, 11) is 1.33. The summed E-state index contributed by atoms with van der Waals surface area (Å²) in [5.41, 5.74) is -0.205. The van der Waals surface area contributed by atoms with Gasteiger partial charge in [0, 0.05) is 12.6 Å². The van der Waals surface area contributed by atoms with Crippen LogP contribution in [0.25, 0.3) is 0 Å². The van der Waals surface area contributed by atoms with Crippen LogP contribution in [0.15, 0.2) is 30.4 Å². The standard InChI is InChI=1S/C12H12FNO4/c1-18-9-5-2-4-8(13)11(9)12(17)14-7-3-6-10(15)16/h2-6H,7H2,1H3,(H,14,17)(H,15,16)/b6-3+. The molecule has 0 bridgehead atoms. The predicted octanol–water partition coefficient (Wildman–Crippen LogP) is 1.20. The summed E-state index contributed by atoms with van der Waals surface area (Å²) in [6.45, 7) is -0.0113. The van der Waals surface area contributed by atoms with Crippen LogP contribution in [0.2, 0.25) is 0 Å². The van der Waals surface area contributed by atoms with Crippen LogP contribution in [0.3, 0.4) is 0 Å². The Morgan fingerprint density at radius 3 is 2.83 bits per heavy atom. The summed E-state index contributed by atoms with van der Waals surface area (Å²) in [4.78, 5) is 21.9. The minimum absolute atomic E-state index is 0.0113. The lowest BCUT2D eigenvalue weighted by atomic mass is 10.1. The van der Waals surface area contributed by atoms with E-state index in [1.165, 1.54) is 25.3 Å². The van der Waals surface area contributed by atoms with E-state index in [0.29, 0.717) is 0 Å². The van der Waals surface area contributed by atoms with Crippen molar-refractivity contribution in [2.45, 2.75) is 0 Å². The monoisotopic (exact) mass is 253 g/mol. The van der Waals surface area contributed by atoms with Gasteiger partial charge in [0.25, 0.3) is 5.91 Å². The van der Waals surface area contributed by atoms with E-state index in [2.05, 4.69) is 5.32 Å². The van der Waals surface area contributed by atoms with Crippen molar-refractivity contribution < 1.29 is 23.8 Å². The molecule has 0 unspecified atom stereocenters. The van der Waals surface area contributed by atoms with Crippen LogP contribution >= 0.6 is 0 Å². The normalized spacial score (nSPS) is 10.3. The predicted molar refractivity (Wildman–Crippen MR) is 62.1 cm³/mol. The van der Waals surface area contributed by atoms with Gasteiger partial charge >= 0.3 is 5.97 Å². The Kier molecular flexibility index (Phi) is 4.86. The first kappa shape index (κ1) is 13.7. The van der Waals surface area contributed by atoms with Crippen LogP contribution in [0.5, 0.6) is 5.75 Å². The maximum atomic E-state index is 13.5. The Hall–Kier alpha value is -2.37. The van der Waals surface area contributed by atoms with E-state index in [0.717, 1.165) is 12.1 Å². The van der Waals surface area contributed by atoms with Crippen LogP contribution in [-0.2, 0) is 4.79 Å². The second-order valence-corrected chi connectivity index (χ2v) is 3.27. The van der Waals surface area contributed by atoms with Crippen molar-refractivity contribution in [3.8, 4) is 5.75 Å². The molecule has 0 spiro atoms. The van der Waals surface area contributed by atoms with Gasteiger partial charge in [0.2, 0.25) is 0 Å². The number of benzene rings is 1. The molecule has 2 N–H and O–H groups in total. The molecule has 0 atom stereocenters. The summed E-state index contributed by atoms with van der Waals surface area (Å²) in [5.74, 6) is -2.36. The van der Waals surface area contributed by atoms with Crippen molar-refractivity contribution in [1.29, 1.82) is 0 Å². The third-order valence-electron chi connectivity index (χ3n) is 2.06. The highest BCUT2D eigenvalue weighted by atomic mass is 19.1. The zero-order chi connectivity index (χ0) is 13.5. The molecule has 96 valence electrons. The molecule has 0 saturated heterocycles. The third kappa shape index (κ3) is 3.58. The van der Waals surface area contributed by atoms with Gasteiger partial charge in [0.15, 0.2) is 0 Å². The van der Waals surface area contributed by atoms with E-state index in [1.807, 2.05) is 0 Å². The van der Waals surface area contributed by atoms with Crippen LogP contribution in [0.1, 0.15) is 10.4 Å². The van der Waals surface area contributed by atoms with Crippen LogP contribution < -0.4 is 10.1 Å². The largest absolute Gasteiger partial charge is 0.496 e. The molecule has 0 aliphatic heterocycles. The molecular formula is C12H12FNO4. The zero-order valence-corrected chi connectivity index (χ0v) is 9.64. The first-order valence-electron chi connectivity index (χ1n) is 5.06. The molecule has 1 aromatic carbocycles. The number of halogens is 1. The van der Waals surface area contributed by atoms with E-state index in [-0.39, 0.29) is 17.9 Å². The fraction of sp³-hybridized carbons (Fsp3) is 0.167. The van der Waals surface area contributed by atoms with Gasteiger partial charge in [0.1, 0.15) is 17.1 Å². The van der Waals surface area contributed by atoms with Gasteiger partial charge in [-0.1, -0.05) is 12.1 Å². The van der Waals surface area contributed by atoms with Crippen LogP contribution in [-0.4, -0.2) is 30.6 Å². The second-order valence-electron chi connectivity index (χ2n) is 3.27. The maximum absolute atomic E-state index is 13.5. The van der Waals surface area contributed by atoms with Gasteiger partial charge in [-0.3, -0.25) is 4.79 Å². The lowest BCUT2D eigenvalue weighted by Crippen LogP contribution is -2.25. The van der Waals surface area contributed by atoms with Gasteiger partial charge in [-0.2, -0.15) is 0 Å². The van der Waals surface area contributed by atoms with Crippen molar-refractivity contribution in [3.05, 3.63) is 41.7 Å². The number of amides is 1. The van der Waals surface area contributed by atoms with E-state index in [4.69, 9.17) is 9.84 Å². The lowest BCUT2D eigenvalue weighted by Gasteiger charge is -2.08. The molecule has 0 heterocycles. The van der Waals surface area contributed by atoms with Gasteiger partial charge < -0.3 is 15.2 Å². The number of hydrogen-bond acceptors (Lipinski definition) is 3. The molecule has 1 amide bonds. The summed E-state index contributed by atoms with van der Waals surface area (Å²) < 4.78 is 18.4. The number of nitrogens with one attached hydrogen (secondary N) is 1. The molecule has 0 saturated carbocycles. The summed E-state index contributed by atoms with van der Waals surface area (Å²) in [5, 5.41) is 10.7. The number of ether oxygens (including phenoxy) is 1. The molecule has 1 aromatic rings. The number of methoxy groups -OCH3 is 1. The molecule has 0 aliphatic carbocycles. The second kappa shape index (κ2) is 6.39. The lowest BCUT2D eigenvalue weighted by molar-refractivity contribution is -0.131. The van der Waals surface area contributed by atoms with Gasteiger partial charge in [0.05, 0.1) is 7.11 Å². The van der Waals surface area contributed by atoms with E-state index < -0.39 is 17.7 Å². The average Bonchev–Trinajstić information content (AvgIpc) is 2.33. The maximum Gasteiger partial charge on any atom is 0.328 e. The smallest absolute Gasteiger partial charge is 0.328 e. The average molecular weight is 253 g/mol. The van der Waals surface area contributed by atoms with Crippen LogP contribution in [0.4, 0.5) is 4.39 Å². The van der Waals surface area contributed by atoms with Crippen molar-refractivity contribution in [1.82, 2.24) is 5.32 Å². The van der Waals surface area contributed by atoms with Gasteiger partial charge in [-0.05, 0) is 12.1 Å². The fourth-order valence-corrected chi connectivity index (χ4v) is 1.29. The van der Waals surface area contributed by atoms with Crippen LogP contribution in [0, 0.1) is 5.82 Å². The van der Waals surface area contributed by atoms with Crippen molar-refractivity contribution in [2.75, 3.05) is 13.7 Å². The number of hydrogen-bond donors (Lipinski definition) is 2. The topological polar surface area (TPSA) is 75.6 Å². The number of carboxylic acid groups (broad SMARTS) is 1. The molecule has 5 nitrogen and oxygen atoms in total. The highest BCUT2D eigenvalue weighted by Gasteiger charge is 2.16.